The second-order valence-electron chi connectivity index (χ2n) is 13.0. The molecule has 0 radical (unpaired) electrons. The number of ether oxygens (including phenoxy) is 2. The zero-order chi connectivity index (χ0) is 31.3. The molecule has 4 bridgehead atoms. The Hall–Kier alpha value is -4.86. The van der Waals surface area contributed by atoms with Crippen molar-refractivity contribution in [3.63, 3.8) is 0 Å². The van der Waals surface area contributed by atoms with Crippen LogP contribution >= 0.6 is 0 Å². The molecule has 8 atom stereocenters. The Labute approximate surface area is 258 Å². The van der Waals surface area contributed by atoms with Crippen molar-refractivity contribution in [1.82, 2.24) is 0 Å². The summed E-state index contributed by atoms with van der Waals surface area (Å²) in [7, 11) is 0. The molecule has 0 N–H and O–H groups in total. The van der Waals surface area contributed by atoms with Gasteiger partial charge in [-0.15, -0.1) is 0 Å². The van der Waals surface area contributed by atoms with E-state index in [0.29, 0.717) is 17.5 Å². The maximum Gasteiger partial charge on any atom is 0.308 e. The molecule has 2 saturated carbocycles. The molecule has 10 heteroatoms. The average molecular weight is 607 g/mol. The van der Waals surface area contributed by atoms with Gasteiger partial charge in [-0.3, -0.25) is 28.8 Å². The van der Waals surface area contributed by atoms with Crippen molar-refractivity contribution >= 4 is 46.9 Å². The zero-order valence-corrected chi connectivity index (χ0v) is 24.7. The summed E-state index contributed by atoms with van der Waals surface area (Å²) in [5.74, 6) is -3.47. The van der Waals surface area contributed by atoms with Crippen molar-refractivity contribution in [1.29, 1.82) is 0 Å². The van der Waals surface area contributed by atoms with Gasteiger partial charge in [0.1, 0.15) is 0 Å². The van der Waals surface area contributed by atoms with Crippen LogP contribution in [0.25, 0.3) is 0 Å². The number of hydrogen-bond donors (Lipinski definition) is 0. The van der Waals surface area contributed by atoms with Crippen LogP contribution in [0.5, 0.6) is 11.5 Å². The van der Waals surface area contributed by atoms with Gasteiger partial charge in [-0.2, -0.15) is 0 Å². The minimum atomic E-state index is -0.593. The van der Waals surface area contributed by atoms with Crippen molar-refractivity contribution in [2.75, 3.05) is 9.80 Å². The van der Waals surface area contributed by atoms with E-state index in [1.807, 2.05) is 24.3 Å². The van der Waals surface area contributed by atoms with E-state index in [-0.39, 0.29) is 70.2 Å². The van der Waals surface area contributed by atoms with Crippen LogP contribution in [-0.4, -0.2) is 35.6 Å². The van der Waals surface area contributed by atoms with Crippen molar-refractivity contribution in [3.8, 4) is 11.5 Å². The lowest BCUT2D eigenvalue weighted by atomic mass is 9.85. The number of esters is 2. The van der Waals surface area contributed by atoms with Crippen LogP contribution in [0, 0.1) is 47.3 Å². The third kappa shape index (κ3) is 4.07. The zero-order valence-electron chi connectivity index (χ0n) is 24.7. The maximum absolute atomic E-state index is 13.5. The molecule has 0 aromatic heterocycles. The van der Waals surface area contributed by atoms with Gasteiger partial charge in [-0.05, 0) is 78.3 Å². The number of carbonyl (C=O) groups excluding carboxylic acids is 6. The number of anilines is 2. The number of allylic oxidation sites excluding steroid dienone is 4. The van der Waals surface area contributed by atoms with Crippen molar-refractivity contribution in [3.05, 3.63) is 71.8 Å². The third-order valence-electron chi connectivity index (χ3n) is 10.4. The number of imide groups is 2. The summed E-state index contributed by atoms with van der Waals surface area (Å²) in [4.78, 5) is 80.3. The summed E-state index contributed by atoms with van der Waals surface area (Å²) >= 11 is 0. The molecule has 45 heavy (non-hydrogen) atoms. The van der Waals surface area contributed by atoms with Crippen LogP contribution in [0.4, 0.5) is 11.4 Å². The standard InChI is InChI=1S/C35H30N2O8/c1-16(38)44-26-12-18(3-9-24(26)36-32(40)28-20-5-6-21(14-20)29(28)33(36)41)11-19-4-10-25(27(13-19)45-17(2)39)37-34(42)30-22-7-8-23(15-22)31(30)35(37)43/h3-10,12-13,20-23,28-31H,11,14-15H2,1-2H3/t20-,21-,22-,23+,28-,29+,30-,31+/m0/s1. The van der Waals surface area contributed by atoms with Crippen LogP contribution in [0.3, 0.4) is 0 Å². The largest absolute Gasteiger partial charge is 0.424 e. The molecular weight excluding hydrogens is 576 g/mol. The Kier molecular flexibility index (Phi) is 6.04. The first-order valence-electron chi connectivity index (χ1n) is 15.4. The smallest absolute Gasteiger partial charge is 0.308 e. The van der Waals surface area contributed by atoms with E-state index in [2.05, 4.69) is 0 Å². The van der Waals surface area contributed by atoms with Crippen molar-refractivity contribution in [2.45, 2.75) is 33.1 Å². The number of rotatable bonds is 6. The van der Waals surface area contributed by atoms with E-state index in [4.69, 9.17) is 9.47 Å². The highest BCUT2D eigenvalue weighted by Gasteiger charge is 2.61. The van der Waals surface area contributed by atoms with Crippen LogP contribution < -0.4 is 19.3 Å². The molecule has 2 aromatic carbocycles. The quantitative estimate of drug-likeness (QED) is 0.211. The molecule has 0 unspecified atom stereocenters. The lowest BCUT2D eigenvalue weighted by Gasteiger charge is -2.21. The normalized spacial score (nSPS) is 31.8. The molecule has 0 spiro atoms. The Morgan fingerprint density at radius 1 is 0.600 bits per heavy atom. The molecule has 228 valence electrons. The number of amides is 4. The second-order valence-corrected chi connectivity index (χ2v) is 13.0. The predicted octanol–water partition coefficient (Wildman–Crippen LogP) is 3.75. The first-order valence-corrected chi connectivity index (χ1v) is 15.4. The Morgan fingerprint density at radius 3 is 1.24 bits per heavy atom. The second kappa shape index (κ2) is 9.82. The summed E-state index contributed by atoms with van der Waals surface area (Å²) in [6.45, 7) is 2.51. The first-order chi connectivity index (χ1) is 21.6. The van der Waals surface area contributed by atoms with Gasteiger partial charge in [0.2, 0.25) is 23.6 Å². The topological polar surface area (TPSA) is 127 Å². The number of hydrogen-bond acceptors (Lipinski definition) is 8. The highest BCUT2D eigenvalue weighted by atomic mass is 16.5. The fourth-order valence-corrected chi connectivity index (χ4v) is 8.69. The molecule has 4 aliphatic carbocycles. The van der Waals surface area contributed by atoms with Crippen molar-refractivity contribution in [2.24, 2.45) is 47.3 Å². The SMILES string of the molecule is CC(=O)Oc1cc(Cc2ccc(N3C(=O)[C@@H]4[C@H](C3=O)[C@H]3C=C[C@H]4C3)c(OC(C)=O)c2)ccc1N1C(=O)[C@@H]2[C@H](C1=O)[C@@H]1C=C[C@H]2C1. The van der Waals surface area contributed by atoms with Gasteiger partial charge in [0, 0.05) is 13.8 Å². The molecule has 2 aromatic rings. The molecule has 6 aliphatic rings. The highest BCUT2D eigenvalue weighted by Crippen LogP contribution is 2.55. The van der Waals surface area contributed by atoms with Crippen LogP contribution in [0.2, 0.25) is 0 Å². The van der Waals surface area contributed by atoms with Gasteiger partial charge in [-0.1, -0.05) is 36.4 Å². The summed E-state index contributed by atoms with van der Waals surface area (Å²) in [6.07, 6.45) is 10.0. The monoisotopic (exact) mass is 606 g/mol. The highest BCUT2D eigenvalue weighted by molar-refractivity contribution is 6.24. The summed E-state index contributed by atoms with van der Waals surface area (Å²) in [5, 5.41) is 0. The number of fused-ring (bicyclic) bond motifs is 10. The van der Waals surface area contributed by atoms with Gasteiger partial charge in [-0.25, -0.2) is 9.80 Å². The van der Waals surface area contributed by atoms with E-state index < -0.39 is 35.6 Å². The molecule has 10 nitrogen and oxygen atoms in total. The van der Waals surface area contributed by atoms with Gasteiger partial charge < -0.3 is 9.47 Å². The molecule has 2 heterocycles. The average Bonchev–Trinajstić information content (AvgIpc) is 3.83. The van der Waals surface area contributed by atoms with E-state index in [0.717, 1.165) is 22.6 Å². The van der Waals surface area contributed by atoms with Gasteiger partial charge in [0.25, 0.3) is 0 Å². The fraction of sp³-hybridized carbons (Fsp3) is 0.371. The lowest BCUT2D eigenvalue weighted by Crippen LogP contribution is -2.33. The Morgan fingerprint density at radius 2 is 0.933 bits per heavy atom. The first kappa shape index (κ1) is 27.7. The minimum absolute atomic E-state index is 0.0461. The summed E-state index contributed by atoms with van der Waals surface area (Å²) in [5.41, 5.74) is 1.86. The maximum atomic E-state index is 13.5. The third-order valence-corrected chi connectivity index (χ3v) is 10.4. The van der Waals surface area contributed by atoms with Gasteiger partial charge >= 0.3 is 11.9 Å². The Bertz CT molecular complexity index is 1620. The summed E-state index contributed by atoms with van der Waals surface area (Å²) < 4.78 is 11.0. The minimum Gasteiger partial charge on any atom is -0.424 e. The fourth-order valence-electron chi connectivity index (χ4n) is 8.69. The van der Waals surface area contributed by atoms with Crippen LogP contribution in [-0.2, 0) is 35.2 Å². The van der Waals surface area contributed by atoms with E-state index in [1.165, 1.54) is 13.8 Å². The van der Waals surface area contributed by atoms with E-state index in [9.17, 15) is 28.8 Å². The molecule has 2 aliphatic heterocycles. The van der Waals surface area contributed by atoms with E-state index >= 15 is 0 Å². The molecule has 4 fully saturated rings. The Balaban J connectivity index is 1.09. The van der Waals surface area contributed by atoms with Crippen molar-refractivity contribution < 1.29 is 38.2 Å². The van der Waals surface area contributed by atoms with Crippen LogP contribution in [0.15, 0.2) is 60.7 Å². The molecule has 2 saturated heterocycles. The lowest BCUT2D eigenvalue weighted by molar-refractivity contribution is -0.132. The van der Waals surface area contributed by atoms with Gasteiger partial charge in [0.05, 0.1) is 35.0 Å². The predicted molar refractivity (Wildman–Crippen MR) is 159 cm³/mol. The van der Waals surface area contributed by atoms with Gasteiger partial charge in [0.15, 0.2) is 11.5 Å². The molecule has 4 amide bonds. The number of nitrogens with zero attached hydrogens (tertiary/aromatic N) is 2. The van der Waals surface area contributed by atoms with Crippen LogP contribution in [0.1, 0.15) is 37.8 Å². The molecule has 8 rings (SSSR count). The molecular formula is C35H30N2O8. The number of benzene rings is 2. The van der Waals surface area contributed by atoms with E-state index in [1.54, 1.807) is 36.4 Å². The summed E-state index contributed by atoms with van der Waals surface area (Å²) in [6, 6.07) is 9.97. The number of carbonyl (C=O) groups is 6.